The van der Waals surface area contributed by atoms with E-state index in [4.69, 9.17) is 14.2 Å². The number of carbonyl (C=O) groups excluding carboxylic acids is 1. The van der Waals surface area contributed by atoms with Crippen molar-refractivity contribution in [2.24, 2.45) is 0 Å². The molecule has 0 radical (unpaired) electrons. The Bertz CT molecular complexity index is 1000. The van der Waals surface area contributed by atoms with Crippen LogP contribution < -0.4 is 14.2 Å². The molecule has 0 aliphatic carbocycles. The first-order valence-corrected chi connectivity index (χ1v) is 10.6. The second kappa shape index (κ2) is 6.25. The highest BCUT2D eigenvalue weighted by molar-refractivity contribution is 6.00. The van der Waals surface area contributed by atoms with Gasteiger partial charge in [0, 0.05) is 6.07 Å². The number of benzene rings is 2. The predicted molar refractivity (Wildman–Crippen MR) is 111 cm³/mol. The van der Waals surface area contributed by atoms with Crippen LogP contribution in [-0.2, 0) is 12.8 Å². The number of hydrogen-bond acceptors (Lipinski definition) is 4. The Kier molecular flexibility index (Phi) is 4.00. The molecule has 0 amide bonds. The van der Waals surface area contributed by atoms with Gasteiger partial charge < -0.3 is 14.2 Å². The third-order valence-corrected chi connectivity index (χ3v) is 6.32. The van der Waals surface area contributed by atoms with Crippen LogP contribution in [0.25, 0.3) is 0 Å². The van der Waals surface area contributed by atoms with Gasteiger partial charge in [0.2, 0.25) is 0 Å². The van der Waals surface area contributed by atoms with Gasteiger partial charge in [0.1, 0.15) is 34.6 Å². The summed E-state index contributed by atoms with van der Waals surface area (Å²) in [5.74, 6) is 2.56. The minimum atomic E-state index is -0.273. The maximum absolute atomic E-state index is 12.9. The van der Waals surface area contributed by atoms with Gasteiger partial charge in [-0.05, 0) is 88.3 Å². The molecule has 2 aromatic carbocycles. The largest absolute Gasteiger partial charge is 0.488 e. The quantitative estimate of drug-likeness (QED) is 0.634. The van der Waals surface area contributed by atoms with E-state index in [1.54, 1.807) is 0 Å². The van der Waals surface area contributed by atoms with Gasteiger partial charge in [-0.1, -0.05) is 6.07 Å². The smallest absolute Gasteiger partial charge is 0.170 e. The van der Waals surface area contributed by atoms with E-state index in [0.717, 1.165) is 48.3 Å². The Morgan fingerprint density at radius 1 is 0.828 bits per heavy atom. The molecule has 152 valence electrons. The van der Waals surface area contributed by atoms with E-state index in [9.17, 15) is 4.79 Å². The zero-order valence-electron chi connectivity index (χ0n) is 17.6. The van der Waals surface area contributed by atoms with Crippen LogP contribution in [0.2, 0.25) is 0 Å². The van der Waals surface area contributed by atoms with Crippen molar-refractivity contribution in [2.45, 2.75) is 77.1 Å². The molecule has 3 heterocycles. The van der Waals surface area contributed by atoms with Crippen LogP contribution in [0.3, 0.4) is 0 Å². The van der Waals surface area contributed by atoms with Gasteiger partial charge in [0.05, 0.1) is 12.0 Å². The fourth-order valence-electron chi connectivity index (χ4n) is 4.53. The minimum Gasteiger partial charge on any atom is -0.488 e. The fourth-order valence-corrected chi connectivity index (χ4v) is 4.53. The van der Waals surface area contributed by atoms with E-state index >= 15 is 0 Å². The third-order valence-electron chi connectivity index (χ3n) is 6.32. The van der Waals surface area contributed by atoms with Crippen LogP contribution in [0.4, 0.5) is 0 Å². The van der Waals surface area contributed by atoms with E-state index in [1.165, 1.54) is 5.56 Å². The molecule has 0 spiro atoms. The number of ether oxygens (including phenoxy) is 3. The van der Waals surface area contributed by atoms with Gasteiger partial charge in [0.25, 0.3) is 0 Å². The van der Waals surface area contributed by atoms with Crippen LogP contribution in [0.15, 0.2) is 30.3 Å². The Balaban J connectivity index is 1.45. The second-order valence-corrected chi connectivity index (χ2v) is 9.78. The van der Waals surface area contributed by atoms with Crippen LogP contribution in [0, 0.1) is 0 Å². The minimum absolute atomic E-state index is 0.127. The zero-order chi connectivity index (χ0) is 20.4. The fraction of sp³-hybridized carbons (Fsp3) is 0.480. The molecule has 3 aliphatic rings. The number of Topliss-reactive ketones (excluding diaryl/α,β-unsaturated/α-hetero) is 1. The van der Waals surface area contributed by atoms with E-state index in [1.807, 2.05) is 24.3 Å². The molecule has 0 aromatic heterocycles. The SMILES string of the molecule is CC1(C)CCc2cc([C@@H]3CC(=O)c4cc5c(cc4O3)OC(C)(C)CC5)ccc2O1. The topological polar surface area (TPSA) is 44.8 Å². The standard InChI is InChI=1S/C25H28O4/c1-24(2)9-7-16-11-15(5-6-20(16)28-24)21-13-19(26)18-12-17-8-10-25(3,4)29-22(17)14-23(18)27-21/h5-6,11-12,14,21H,7-10,13H2,1-4H3/t21-/m0/s1. The van der Waals surface area contributed by atoms with Crippen molar-refractivity contribution in [1.82, 2.24) is 0 Å². The first kappa shape index (κ1) is 18.5. The number of carbonyl (C=O) groups is 1. The van der Waals surface area contributed by atoms with Crippen LogP contribution >= 0.6 is 0 Å². The van der Waals surface area contributed by atoms with E-state index in [0.29, 0.717) is 17.7 Å². The molecule has 4 nitrogen and oxygen atoms in total. The maximum atomic E-state index is 12.9. The van der Waals surface area contributed by atoms with E-state index < -0.39 is 0 Å². The first-order chi connectivity index (χ1) is 13.7. The summed E-state index contributed by atoms with van der Waals surface area (Å²) in [5, 5.41) is 0. The highest BCUT2D eigenvalue weighted by atomic mass is 16.5. The summed E-state index contributed by atoms with van der Waals surface area (Å²) < 4.78 is 18.6. The van der Waals surface area contributed by atoms with E-state index in [-0.39, 0.29) is 23.1 Å². The molecule has 0 bridgehead atoms. The molecule has 0 saturated carbocycles. The Hall–Kier alpha value is -2.49. The van der Waals surface area contributed by atoms with Crippen molar-refractivity contribution in [2.75, 3.05) is 0 Å². The molecule has 5 rings (SSSR count). The number of fused-ring (bicyclic) bond motifs is 3. The van der Waals surface area contributed by atoms with Crippen molar-refractivity contribution in [1.29, 1.82) is 0 Å². The van der Waals surface area contributed by atoms with E-state index in [2.05, 4.69) is 33.8 Å². The van der Waals surface area contributed by atoms with Gasteiger partial charge in [-0.2, -0.15) is 0 Å². The molecule has 29 heavy (non-hydrogen) atoms. The van der Waals surface area contributed by atoms with Crippen molar-refractivity contribution in [3.8, 4) is 17.2 Å². The van der Waals surface area contributed by atoms with Crippen molar-refractivity contribution >= 4 is 5.78 Å². The second-order valence-electron chi connectivity index (χ2n) is 9.78. The van der Waals surface area contributed by atoms with Gasteiger partial charge in [-0.25, -0.2) is 0 Å². The van der Waals surface area contributed by atoms with Crippen LogP contribution in [0.1, 0.15) is 80.1 Å². The number of ketones is 1. The molecule has 0 saturated heterocycles. The lowest BCUT2D eigenvalue weighted by Gasteiger charge is -2.35. The summed E-state index contributed by atoms with van der Waals surface area (Å²) in [5.41, 5.74) is 3.70. The Morgan fingerprint density at radius 2 is 1.48 bits per heavy atom. The lowest BCUT2D eigenvalue weighted by molar-refractivity contribution is 0.0796. The normalized spacial score (nSPS) is 23.6. The lowest BCUT2D eigenvalue weighted by Crippen LogP contribution is -2.33. The van der Waals surface area contributed by atoms with Crippen molar-refractivity contribution < 1.29 is 19.0 Å². The molecular formula is C25H28O4. The van der Waals surface area contributed by atoms with Crippen molar-refractivity contribution in [3.63, 3.8) is 0 Å². The molecule has 0 fully saturated rings. The average molecular weight is 392 g/mol. The summed E-state index contributed by atoms with van der Waals surface area (Å²) in [7, 11) is 0. The van der Waals surface area contributed by atoms with Gasteiger partial charge in [0.15, 0.2) is 5.78 Å². The molecule has 0 N–H and O–H groups in total. The highest BCUT2D eigenvalue weighted by Crippen LogP contribution is 2.43. The summed E-state index contributed by atoms with van der Waals surface area (Å²) in [6.07, 6.45) is 3.92. The third kappa shape index (κ3) is 3.39. The molecule has 2 aromatic rings. The summed E-state index contributed by atoms with van der Waals surface area (Å²) in [4.78, 5) is 12.9. The predicted octanol–water partition coefficient (Wildman–Crippen LogP) is 5.60. The average Bonchev–Trinajstić information content (AvgIpc) is 2.65. The summed E-state index contributed by atoms with van der Waals surface area (Å²) in [6, 6.07) is 10.1. The molecule has 0 unspecified atom stereocenters. The van der Waals surface area contributed by atoms with Gasteiger partial charge >= 0.3 is 0 Å². The van der Waals surface area contributed by atoms with Gasteiger partial charge in [-0.3, -0.25) is 4.79 Å². The van der Waals surface area contributed by atoms with Crippen molar-refractivity contribution in [3.05, 3.63) is 52.6 Å². The van der Waals surface area contributed by atoms with Crippen LogP contribution in [-0.4, -0.2) is 17.0 Å². The summed E-state index contributed by atoms with van der Waals surface area (Å²) in [6.45, 7) is 8.43. The number of aryl methyl sites for hydroxylation is 2. The molecule has 1 atom stereocenters. The lowest BCUT2D eigenvalue weighted by atomic mass is 9.89. The monoisotopic (exact) mass is 392 g/mol. The zero-order valence-corrected chi connectivity index (χ0v) is 17.6. The van der Waals surface area contributed by atoms with Crippen LogP contribution in [0.5, 0.6) is 17.2 Å². The Labute approximate surface area is 172 Å². The highest BCUT2D eigenvalue weighted by Gasteiger charge is 2.34. The Morgan fingerprint density at radius 3 is 2.21 bits per heavy atom. The number of rotatable bonds is 1. The number of hydrogen-bond donors (Lipinski definition) is 0. The maximum Gasteiger partial charge on any atom is 0.170 e. The molecule has 3 aliphatic heterocycles. The summed E-state index contributed by atoms with van der Waals surface area (Å²) >= 11 is 0. The van der Waals surface area contributed by atoms with Gasteiger partial charge in [-0.15, -0.1) is 0 Å². The molecule has 4 heteroatoms. The molecular weight excluding hydrogens is 364 g/mol. The first-order valence-electron chi connectivity index (χ1n) is 10.6.